The van der Waals surface area contributed by atoms with Crippen LogP contribution in [0.4, 0.5) is 5.13 Å². The van der Waals surface area contributed by atoms with Gasteiger partial charge in [0.15, 0.2) is 5.13 Å². The summed E-state index contributed by atoms with van der Waals surface area (Å²) in [7, 11) is -2.36. The lowest BCUT2D eigenvalue weighted by molar-refractivity contribution is 0.0342. The number of thiazole rings is 1. The number of fused-ring (bicyclic) bond motifs is 1. The van der Waals surface area contributed by atoms with Gasteiger partial charge in [-0.1, -0.05) is 17.4 Å². The maximum atomic E-state index is 13.0. The van der Waals surface area contributed by atoms with E-state index in [9.17, 15) is 8.42 Å². The fraction of sp³-hybridized carbons (Fsp3) is 0.381. The Bertz CT molecular complexity index is 1170. The average molecular weight is 448 g/mol. The van der Waals surface area contributed by atoms with Crippen LogP contribution in [0.5, 0.6) is 5.75 Å². The lowest BCUT2D eigenvalue weighted by atomic mass is 10.1. The summed E-state index contributed by atoms with van der Waals surface area (Å²) in [6.45, 7) is 8.00. The Morgan fingerprint density at radius 1 is 1.17 bits per heavy atom. The van der Waals surface area contributed by atoms with Crippen LogP contribution in [0.15, 0.2) is 35.2 Å². The molecule has 0 bridgehead atoms. The second kappa shape index (κ2) is 8.50. The van der Waals surface area contributed by atoms with E-state index in [0.29, 0.717) is 10.9 Å². The van der Waals surface area contributed by atoms with Crippen LogP contribution >= 0.6 is 11.3 Å². The number of nitrogens with one attached hydrogen (secondary N) is 1. The number of anilines is 1. The van der Waals surface area contributed by atoms with Crippen molar-refractivity contribution in [2.45, 2.75) is 25.3 Å². The van der Waals surface area contributed by atoms with E-state index in [-0.39, 0.29) is 4.90 Å². The third-order valence-electron chi connectivity index (χ3n) is 5.25. The molecule has 4 rings (SSSR count). The largest absolute Gasteiger partial charge is 0.495 e. The standard InChI is InChI=1S/C21H25N3O4S2/c1-14-10-18(27-3)20(11-15(14)2)30(25,26)23-21-22-17-5-4-16(12-19(17)29-21)13-24-6-8-28-9-7-24/h4-5,10-12H,6-9,13H2,1-3H3,(H,22,23). The van der Waals surface area contributed by atoms with E-state index in [4.69, 9.17) is 9.47 Å². The molecule has 2 aromatic carbocycles. The molecule has 1 N–H and O–H groups in total. The maximum absolute atomic E-state index is 13.0. The van der Waals surface area contributed by atoms with Crippen molar-refractivity contribution in [3.63, 3.8) is 0 Å². The third kappa shape index (κ3) is 4.44. The Morgan fingerprint density at radius 3 is 2.63 bits per heavy atom. The number of rotatable bonds is 6. The van der Waals surface area contributed by atoms with Gasteiger partial charge in [0, 0.05) is 19.6 Å². The Hall–Kier alpha value is -2.20. The Balaban J connectivity index is 1.58. The minimum atomic E-state index is -3.83. The van der Waals surface area contributed by atoms with Crippen LogP contribution in [-0.4, -0.2) is 51.7 Å². The summed E-state index contributed by atoms with van der Waals surface area (Å²) in [5.41, 5.74) is 3.81. The van der Waals surface area contributed by atoms with Crippen molar-refractivity contribution in [3.8, 4) is 5.75 Å². The first kappa shape index (κ1) is 21.0. The SMILES string of the molecule is COc1cc(C)c(C)cc1S(=O)(=O)Nc1nc2ccc(CN3CCOCC3)cc2s1. The van der Waals surface area contributed by atoms with Gasteiger partial charge >= 0.3 is 0 Å². The molecule has 0 aliphatic carbocycles. The zero-order valence-electron chi connectivity index (χ0n) is 17.3. The number of aryl methyl sites for hydroxylation is 2. The number of ether oxygens (including phenoxy) is 2. The van der Waals surface area contributed by atoms with Crippen LogP contribution in [0.1, 0.15) is 16.7 Å². The van der Waals surface area contributed by atoms with Gasteiger partial charge in [-0.3, -0.25) is 9.62 Å². The molecule has 9 heteroatoms. The highest BCUT2D eigenvalue weighted by Gasteiger charge is 2.22. The van der Waals surface area contributed by atoms with Crippen molar-refractivity contribution >= 4 is 36.7 Å². The van der Waals surface area contributed by atoms with Crippen LogP contribution in [-0.2, 0) is 21.3 Å². The second-order valence-corrected chi connectivity index (χ2v) is 10.1. The number of hydrogen-bond acceptors (Lipinski definition) is 7. The number of nitrogens with zero attached hydrogens (tertiary/aromatic N) is 2. The van der Waals surface area contributed by atoms with Crippen molar-refractivity contribution in [2.24, 2.45) is 0 Å². The average Bonchev–Trinajstić information content (AvgIpc) is 3.11. The molecule has 160 valence electrons. The lowest BCUT2D eigenvalue weighted by Crippen LogP contribution is -2.35. The van der Waals surface area contributed by atoms with Crippen LogP contribution in [0.2, 0.25) is 0 Å². The summed E-state index contributed by atoms with van der Waals surface area (Å²) >= 11 is 1.33. The van der Waals surface area contributed by atoms with Crippen LogP contribution in [0.3, 0.4) is 0 Å². The van der Waals surface area contributed by atoms with Crippen LogP contribution in [0, 0.1) is 13.8 Å². The zero-order chi connectivity index (χ0) is 21.3. The predicted octanol–water partition coefficient (Wildman–Crippen LogP) is 3.55. The number of sulfonamides is 1. The zero-order valence-corrected chi connectivity index (χ0v) is 18.9. The van der Waals surface area contributed by atoms with E-state index in [1.807, 2.05) is 26.0 Å². The van der Waals surface area contributed by atoms with E-state index >= 15 is 0 Å². The molecule has 0 radical (unpaired) electrons. The predicted molar refractivity (Wildman–Crippen MR) is 119 cm³/mol. The van der Waals surface area contributed by atoms with E-state index in [1.165, 1.54) is 24.0 Å². The van der Waals surface area contributed by atoms with Gasteiger partial charge in [0.1, 0.15) is 10.6 Å². The van der Waals surface area contributed by atoms with Gasteiger partial charge in [0.2, 0.25) is 0 Å². The summed E-state index contributed by atoms with van der Waals surface area (Å²) in [5, 5.41) is 0.341. The van der Waals surface area contributed by atoms with Gasteiger partial charge in [0.25, 0.3) is 10.0 Å². The molecule has 0 saturated carbocycles. The summed E-state index contributed by atoms with van der Waals surface area (Å²) in [5.74, 6) is 0.319. The first-order valence-electron chi connectivity index (χ1n) is 9.73. The third-order valence-corrected chi connectivity index (χ3v) is 7.68. The summed E-state index contributed by atoms with van der Waals surface area (Å²) < 4.78 is 40.3. The fourth-order valence-corrected chi connectivity index (χ4v) is 5.83. The molecule has 1 fully saturated rings. The molecular weight excluding hydrogens is 422 g/mol. The van der Waals surface area contributed by atoms with Gasteiger partial charge in [0.05, 0.1) is 30.5 Å². The molecule has 1 aromatic heterocycles. The van der Waals surface area contributed by atoms with Crippen molar-refractivity contribution in [3.05, 3.63) is 47.0 Å². The van der Waals surface area contributed by atoms with Crippen LogP contribution < -0.4 is 9.46 Å². The molecule has 30 heavy (non-hydrogen) atoms. The maximum Gasteiger partial charge on any atom is 0.267 e. The highest BCUT2D eigenvalue weighted by atomic mass is 32.2. The number of methoxy groups -OCH3 is 1. The molecule has 7 nitrogen and oxygen atoms in total. The molecule has 2 heterocycles. The number of aromatic nitrogens is 1. The Morgan fingerprint density at radius 2 is 1.90 bits per heavy atom. The molecular formula is C21H25N3O4S2. The fourth-order valence-electron chi connectivity index (χ4n) is 3.43. The lowest BCUT2D eigenvalue weighted by Gasteiger charge is -2.26. The quantitative estimate of drug-likeness (QED) is 0.622. The number of benzene rings is 2. The van der Waals surface area contributed by atoms with Gasteiger partial charge in [-0.05, 0) is 54.8 Å². The highest BCUT2D eigenvalue weighted by Crippen LogP contribution is 2.32. The number of morpholine rings is 1. The van der Waals surface area contributed by atoms with Crippen molar-refractivity contribution in [1.82, 2.24) is 9.88 Å². The van der Waals surface area contributed by atoms with E-state index in [2.05, 4.69) is 20.7 Å². The summed E-state index contributed by atoms with van der Waals surface area (Å²) in [4.78, 5) is 6.92. The molecule has 0 amide bonds. The van der Waals surface area contributed by atoms with Crippen molar-refractivity contribution in [1.29, 1.82) is 0 Å². The summed E-state index contributed by atoms with van der Waals surface area (Å²) in [6.07, 6.45) is 0. The second-order valence-electron chi connectivity index (χ2n) is 7.40. The molecule has 0 atom stereocenters. The molecule has 0 spiro atoms. The molecule has 1 saturated heterocycles. The Kier molecular flexibility index (Phi) is 5.97. The first-order valence-corrected chi connectivity index (χ1v) is 12.0. The van der Waals surface area contributed by atoms with E-state index in [1.54, 1.807) is 12.1 Å². The minimum absolute atomic E-state index is 0.111. The summed E-state index contributed by atoms with van der Waals surface area (Å²) in [6, 6.07) is 9.43. The first-order chi connectivity index (χ1) is 14.4. The van der Waals surface area contributed by atoms with Gasteiger partial charge in [-0.25, -0.2) is 13.4 Å². The monoisotopic (exact) mass is 447 g/mol. The van der Waals surface area contributed by atoms with Gasteiger partial charge in [-0.2, -0.15) is 0 Å². The molecule has 3 aromatic rings. The molecule has 1 aliphatic rings. The van der Waals surface area contributed by atoms with Gasteiger partial charge in [-0.15, -0.1) is 0 Å². The van der Waals surface area contributed by atoms with E-state index in [0.717, 1.165) is 54.2 Å². The highest BCUT2D eigenvalue weighted by molar-refractivity contribution is 7.93. The normalized spacial score (nSPS) is 15.4. The smallest absolute Gasteiger partial charge is 0.267 e. The van der Waals surface area contributed by atoms with Crippen LogP contribution in [0.25, 0.3) is 10.2 Å². The van der Waals surface area contributed by atoms with Gasteiger partial charge < -0.3 is 9.47 Å². The minimum Gasteiger partial charge on any atom is -0.495 e. The number of hydrogen-bond donors (Lipinski definition) is 1. The molecule has 1 aliphatic heterocycles. The van der Waals surface area contributed by atoms with Crippen molar-refractivity contribution in [2.75, 3.05) is 38.1 Å². The Labute approximate surface area is 180 Å². The topological polar surface area (TPSA) is 80.8 Å². The van der Waals surface area contributed by atoms with E-state index < -0.39 is 10.0 Å². The van der Waals surface area contributed by atoms with Crippen molar-refractivity contribution < 1.29 is 17.9 Å². The molecule has 0 unspecified atom stereocenters.